The molecule has 180 valence electrons. The van der Waals surface area contributed by atoms with Crippen LogP contribution in [0.1, 0.15) is 49.8 Å². The van der Waals surface area contributed by atoms with E-state index < -0.39 is 0 Å². The predicted molar refractivity (Wildman–Crippen MR) is 136 cm³/mol. The molecule has 0 saturated heterocycles. The van der Waals surface area contributed by atoms with E-state index in [1.807, 2.05) is 55.1 Å². The Bertz CT molecular complexity index is 1050. The maximum absolute atomic E-state index is 12.5. The standard InChI is InChI=1S/C29H35NO4/c1-21(2)34-26-14-12-25(13-15-26)27(24-9-7-6-8-10-24)17-18-30(22(3)31)20-23-11-16-28(32-4)29(19-23)33-5/h6-16,19,21,27H,17-18,20H2,1-5H3/t27-/m1/s1. The molecule has 3 rings (SSSR count). The Morgan fingerprint density at radius 2 is 1.50 bits per heavy atom. The van der Waals surface area contributed by atoms with E-state index in [2.05, 4.69) is 36.4 Å². The third-order valence-corrected chi connectivity index (χ3v) is 5.81. The highest BCUT2D eigenvalue weighted by atomic mass is 16.5. The van der Waals surface area contributed by atoms with Crippen LogP contribution in [-0.4, -0.2) is 37.7 Å². The number of hydrogen-bond acceptors (Lipinski definition) is 4. The Morgan fingerprint density at radius 1 is 0.853 bits per heavy atom. The van der Waals surface area contributed by atoms with Gasteiger partial charge in [0.1, 0.15) is 5.75 Å². The average molecular weight is 462 g/mol. The number of ether oxygens (including phenoxy) is 3. The van der Waals surface area contributed by atoms with Crippen LogP contribution in [0.2, 0.25) is 0 Å². The molecule has 0 spiro atoms. The second-order valence-electron chi connectivity index (χ2n) is 8.62. The van der Waals surface area contributed by atoms with Crippen LogP contribution in [0.4, 0.5) is 0 Å². The van der Waals surface area contributed by atoms with E-state index in [4.69, 9.17) is 14.2 Å². The van der Waals surface area contributed by atoms with Crippen LogP contribution in [0.5, 0.6) is 17.2 Å². The zero-order valence-electron chi connectivity index (χ0n) is 20.8. The first kappa shape index (κ1) is 25.2. The molecule has 3 aromatic carbocycles. The number of amides is 1. The van der Waals surface area contributed by atoms with Crippen molar-refractivity contribution in [3.05, 3.63) is 89.5 Å². The SMILES string of the molecule is COc1ccc(CN(CC[C@H](c2ccccc2)c2ccc(OC(C)C)cc2)C(C)=O)cc1OC. The summed E-state index contributed by atoms with van der Waals surface area (Å²) in [5.41, 5.74) is 3.44. The second kappa shape index (κ2) is 12.1. The number of rotatable bonds is 11. The molecule has 5 nitrogen and oxygen atoms in total. The summed E-state index contributed by atoms with van der Waals surface area (Å²) in [6, 6.07) is 24.5. The van der Waals surface area contributed by atoms with Gasteiger partial charge in [0.15, 0.2) is 11.5 Å². The summed E-state index contributed by atoms with van der Waals surface area (Å²) in [5, 5.41) is 0. The molecular weight excluding hydrogens is 426 g/mol. The van der Waals surface area contributed by atoms with E-state index in [0.717, 1.165) is 17.7 Å². The van der Waals surface area contributed by atoms with Crippen LogP contribution in [-0.2, 0) is 11.3 Å². The van der Waals surface area contributed by atoms with Crippen molar-refractivity contribution in [1.82, 2.24) is 4.90 Å². The number of carbonyl (C=O) groups excluding carboxylic acids is 1. The third-order valence-electron chi connectivity index (χ3n) is 5.81. The van der Waals surface area contributed by atoms with Gasteiger partial charge in [0.2, 0.25) is 5.91 Å². The van der Waals surface area contributed by atoms with Crippen molar-refractivity contribution < 1.29 is 19.0 Å². The van der Waals surface area contributed by atoms with Crippen molar-refractivity contribution in [1.29, 1.82) is 0 Å². The van der Waals surface area contributed by atoms with Gasteiger partial charge in [0.05, 0.1) is 20.3 Å². The molecule has 0 aliphatic rings. The van der Waals surface area contributed by atoms with Gasteiger partial charge in [-0.05, 0) is 61.2 Å². The van der Waals surface area contributed by atoms with Crippen LogP contribution >= 0.6 is 0 Å². The van der Waals surface area contributed by atoms with Gasteiger partial charge < -0.3 is 19.1 Å². The maximum Gasteiger partial charge on any atom is 0.219 e. The fourth-order valence-electron chi connectivity index (χ4n) is 4.09. The number of hydrogen-bond donors (Lipinski definition) is 0. The van der Waals surface area contributed by atoms with Crippen molar-refractivity contribution in [2.45, 2.75) is 45.8 Å². The quantitative estimate of drug-likeness (QED) is 0.348. The van der Waals surface area contributed by atoms with Crippen molar-refractivity contribution in [3.8, 4) is 17.2 Å². The molecule has 0 unspecified atom stereocenters. The zero-order valence-corrected chi connectivity index (χ0v) is 20.8. The summed E-state index contributed by atoms with van der Waals surface area (Å²) in [6.07, 6.45) is 0.942. The number of benzene rings is 3. The summed E-state index contributed by atoms with van der Waals surface area (Å²) in [6.45, 7) is 6.81. The topological polar surface area (TPSA) is 48.0 Å². The van der Waals surface area contributed by atoms with Crippen molar-refractivity contribution in [2.24, 2.45) is 0 Å². The van der Waals surface area contributed by atoms with Gasteiger partial charge in [-0.15, -0.1) is 0 Å². The van der Waals surface area contributed by atoms with Gasteiger partial charge in [0, 0.05) is 25.9 Å². The van der Waals surface area contributed by atoms with Gasteiger partial charge in [-0.3, -0.25) is 4.79 Å². The lowest BCUT2D eigenvalue weighted by molar-refractivity contribution is -0.129. The van der Waals surface area contributed by atoms with E-state index in [-0.39, 0.29) is 17.9 Å². The Morgan fingerprint density at radius 3 is 2.09 bits per heavy atom. The molecule has 5 heteroatoms. The molecule has 0 radical (unpaired) electrons. The minimum atomic E-state index is 0.0438. The van der Waals surface area contributed by atoms with Gasteiger partial charge in [-0.25, -0.2) is 0 Å². The summed E-state index contributed by atoms with van der Waals surface area (Å²) in [7, 11) is 3.23. The van der Waals surface area contributed by atoms with Gasteiger partial charge in [-0.2, -0.15) is 0 Å². The summed E-state index contributed by atoms with van der Waals surface area (Å²) < 4.78 is 16.6. The molecule has 0 bridgehead atoms. The average Bonchev–Trinajstić information content (AvgIpc) is 2.84. The fourth-order valence-corrected chi connectivity index (χ4v) is 4.09. The highest BCUT2D eigenvalue weighted by molar-refractivity contribution is 5.73. The van der Waals surface area contributed by atoms with Gasteiger partial charge in [0.25, 0.3) is 0 Å². The van der Waals surface area contributed by atoms with Crippen LogP contribution < -0.4 is 14.2 Å². The molecule has 0 N–H and O–H groups in total. The minimum Gasteiger partial charge on any atom is -0.493 e. The van der Waals surface area contributed by atoms with Crippen molar-refractivity contribution in [2.75, 3.05) is 20.8 Å². The van der Waals surface area contributed by atoms with Crippen molar-refractivity contribution in [3.63, 3.8) is 0 Å². The highest BCUT2D eigenvalue weighted by Crippen LogP contribution is 2.31. The second-order valence-corrected chi connectivity index (χ2v) is 8.62. The number of nitrogens with zero attached hydrogens (tertiary/aromatic N) is 1. The smallest absolute Gasteiger partial charge is 0.219 e. The molecular formula is C29H35NO4. The van der Waals surface area contributed by atoms with Crippen LogP contribution in [0.3, 0.4) is 0 Å². The van der Waals surface area contributed by atoms with Crippen LogP contribution in [0, 0.1) is 0 Å². The molecule has 3 aromatic rings. The Labute approximate surface area is 203 Å². The molecule has 0 aromatic heterocycles. The van der Waals surface area contributed by atoms with Crippen LogP contribution in [0.15, 0.2) is 72.8 Å². The van der Waals surface area contributed by atoms with E-state index in [1.165, 1.54) is 11.1 Å². The Hall–Kier alpha value is -3.47. The predicted octanol–water partition coefficient (Wildman–Crippen LogP) is 6.06. The van der Waals surface area contributed by atoms with Gasteiger partial charge in [-0.1, -0.05) is 48.5 Å². The van der Waals surface area contributed by atoms with E-state index >= 15 is 0 Å². The lowest BCUT2D eigenvalue weighted by Gasteiger charge is -2.26. The first-order valence-electron chi connectivity index (χ1n) is 11.7. The summed E-state index contributed by atoms with van der Waals surface area (Å²) in [5.74, 6) is 2.41. The molecule has 0 saturated carbocycles. The number of methoxy groups -OCH3 is 2. The fraction of sp³-hybridized carbons (Fsp3) is 0.345. The van der Waals surface area contributed by atoms with E-state index in [1.54, 1.807) is 21.1 Å². The molecule has 34 heavy (non-hydrogen) atoms. The largest absolute Gasteiger partial charge is 0.493 e. The molecule has 0 heterocycles. The Balaban J connectivity index is 1.79. The molecule has 0 aliphatic heterocycles. The first-order valence-corrected chi connectivity index (χ1v) is 11.7. The maximum atomic E-state index is 12.5. The summed E-state index contributed by atoms with van der Waals surface area (Å²) >= 11 is 0. The third kappa shape index (κ3) is 6.77. The first-order chi connectivity index (χ1) is 16.4. The zero-order chi connectivity index (χ0) is 24.5. The molecule has 1 atom stereocenters. The monoisotopic (exact) mass is 461 g/mol. The number of carbonyl (C=O) groups is 1. The van der Waals surface area contributed by atoms with Crippen LogP contribution in [0.25, 0.3) is 0 Å². The molecule has 1 amide bonds. The van der Waals surface area contributed by atoms with E-state index in [9.17, 15) is 4.79 Å². The van der Waals surface area contributed by atoms with Gasteiger partial charge >= 0.3 is 0 Å². The lowest BCUT2D eigenvalue weighted by Crippen LogP contribution is -2.30. The molecule has 0 aliphatic carbocycles. The lowest BCUT2D eigenvalue weighted by atomic mass is 9.88. The molecule has 0 fully saturated rings. The minimum absolute atomic E-state index is 0.0438. The summed E-state index contributed by atoms with van der Waals surface area (Å²) in [4.78, 5) is 14.4. The van der Waals surface area contributed by atoms with Crippen molar-refractivity contribution >= 4 is 5.91 Å². The Kier molecular flexibility index (Phi) is 8.97. The normalized spacial score (nSPS) is 11.7. The van der Waals surface area contributed by atoms with E-state index in [0.29, 0.717) is 24.6 Å². The highest BCUT2D eigenvalue weighted by Gasteiger charge is 2.18.